The molecule has 1 atom stereocenters. The number of likely N-dealkylation sites (tertiary alicyclic amines) is 1. The maximum absolute atomic E-state index is 12.9. The molecule has 0 saturated carbocycles. The lowest BCUT2D eigenvalue weighted by atomic mass is 10.1. The zero-order valence-corrected chi connectivity index (χ0v) is 14.9. The van der Waals surface area contributed by atoms with E-state index in [2.05, 4.69) is 15.2 Å². The molecule has 3 aromatic rings. The summed E-state index contributed by atoms with van der Waals surface area (Å²) in [5.41, 5.74) is 2.58. The van der Waals surface area contributed by atoms with Crippen molar-refractivity contribution in [3.63, 3.8) is 0 Å². The van der Waals surface area contributed by atoms with Crippen LogP contribution in [0.2, 0.25) is 5.02 Å². The quantitative estimate of drug-likeness (QED) is 0.774. The number of rotatable bonds is 3. The summed E-state index contributed by atoms with van der Waals surface area (Å²) < 4.78 is 5.60. The van der Waals surface area contributed by atoms with E-state index >= 15 is 0 Å². The number of amides is 1. The largest absolute Gasteiger partial charge is 0.464 e. The molecule has 0 unspecified atom stereocenters. The minimum absolute atomic E-state index is 0.0542. The van der Waals surface area contributed by atoms with Gasteiger partial charge in [0.2, 0.25) is 5.91 Å². The lowest BCUT2D eigenvalue weighted by Gasteiger charge is -2.22. The maximum atomic E-state index is 12.9. The van der Waals surface area contributed by atoms with Gasteiger partial charge in [-0.3, -0.25) is 9.89 Å². The van der Waals surface area contributed by atoms with Crippen molar-refractivity contribution >= 4 is 28.5 Å². The molecule has 7 heteroatoms. The number of carbonyl (C=O) groups is 1. The maximum Gasteiger partial charge on any atom is 0.227 e. The first-order chi connectivity index (χ1) is 12.0. The molecule has 0 spiro atoms. The number of fused-ring (bicyclic) bond motifs is 1. The number of carbonyl (C=O) groups excluding carboxylic acids is 1. The van der Waals surface area contributed by atoms with E-state index in [0.717, 1.165) is 47.3 Å². The number of aromatic amines is 1. The number of furan rings is 1. The number of aryl methyl sites for hydroxylation is 2. The average Bonchev–Trinajstić information content (AvgIpc) is 3.29. The van der Waals surface area contributed by atoms with Gasteiger partial charge in [-0.05, 0) is 44.4 Å². The van der Waals surface area contributed by atoms with Crippen molar-refractivity contribution < 1.29 is 9.21 Å². The van der Waals surface area contributed by atoms with Crippen LogP contribution in [0.5, 0.6) is 0 Å². The Balaban J connectivity index is 1.58. The van der Waals surface area contributed by atoms with Gasteiger partial charge in [0.25, 0.3) is 0 Å². The molecule has 1 N–H and O–H groups in total. The normalized spacial score (nSPS) is 17.6. The Morgan fingerprint density at radius 2 is 2.28 bits per heavy atom. The highest BCUT2D eigenvalue weighted by Crippen LogP contribution is 2.32. The number of nitrogens with zero attached hydrogens (tertiary/aromatic N) is 3. The summed E-state index contributed by atoms with van der Waals surface area (Å²) in [4.78, 5) is 19.2. The van der Waals surface area contributed by atoms with Crippen molar-refractivity contribution in [1.29, 1.82) is 0 Å². The molecule has 1 aromatic carbocycles. The second-order valence-corrected chi connectivity index (χ2v) is 6.97. The van der Waals surface area contributed by atoms with Gasteiger partial charge in [0.15, 0.2) is 5.82 Å². The molecule has 4 rings (SSSR count). The van der Waals surface area contributed by atoms with Crippen LogP contribution in [0, 0.1) is 13.8 Å². The summed E-state index contributed by atoms with van der Waals surface area (Å²) in [6, 6.07) is 3.72. The van der Waals surface area contributed by atoms with Gasteiger partial charge in [-0.15, -0.1) is 0 Å². The molecule has 1 aliphatic heterocycles. The fraction of sp³-hybridized carbons (Fsp3) is 0.389. The predicted molar refractivity (Wildman–Crippen MR) is 94.5 cm³/mol. The first kappa shape index (κ1) is 16.1. The molecule has 1 saturated heterocycles. The fourth-order valence-corrected chi connectivity index (χ4v) is 3.61. The standard InChI is InChI=1S/C18H19ClN4O2/c1-10-6-16-13(8-14(10)19)12(9-25-16)7-17(24)23-5-3-4-15(23)18-20-11(2)21-22-18/h6,8-9,15H,3-5,7H2,1-2H3,(H,20,21,22)/t15-/m1/s1. The predicted octanol–water partition coefficient (Wildman–Crippen LogP) is 3.73. The van der Waals surface area contributed by atoms with Crippen LogP contribution >= 0.6 is 11.6 Å². The SMILES string of the molecule is Cc1nc([C@H]2CCCN2C(=O)Cc2coc3cc(C)c(Cl)cc23)n[nH]1. The second-order valence-electron chi connectivity index (χ2n) is 6.56. The van der Waals surface area contributed by atoms with E-state index in [1.807, 2.05) is 30.9 Å². The highest BCUT2D eigenvalue weighted by Gasteiger charge is 2.32. The topological polar surface area (TPSA) is 75.0 Å². The number of benzene rings is 1. The van der Waals surface area contributed by atoms with Crippen molar-refractivity contribution in [2.75, 3.05) is 6.54 Å². The molecule has 1 amide bonds. The zero-order valence-electron chi connectivity index (χ0n) is 14.2. The lowest BCUT2D eigenvalue weighted by molar-refractivity contribution is -0.131. The van der Waals surface area contributed by atoms with Crippen LogP contribution in [0.1, 0.15) is 41.7 Å². The van der Waals surface area contributed by atoms with E-state index in [9.17, 15) is 4.79 Å². The Kier molecular flexibility index (Phi) is 4.00. The minimum atomic E-state index is -0.0542. The van der Waals surface area contributed by atoms with Crippen LogP contribution in [0.15, 0.2) is 22.8 Å². The van der Waals surface area contributed by atoms with E-state index in [1.54, 1.807) is 6.26 Å². The molecule has 0 aliphatic carbocycles. The van der Waals surface area contributed by atoms with E-state index in [1.165, 1.54) is 0 Å². The second kappa shape index (κ2) is 6.19. The lowest BCUT2D eigenvalue weighted by Crippen LogP contribution is -2.32. The van der Waals surface area contributed by atoms with E-state index in [0.29, 0.717) is 10.8 Å². The molecular weight excluding hydrogens is 340 g/mol. The van der Waals surface area contributed by atoms with Crippen molar-refractivity contribution in [2.24, 2.45) is 0 Å². The Hall–Kier alpha value is -2.34. The Morgan fingerprint density at radius 3 is 3.04 bits per heavy atom. The Bertz CT molecular complexity index is 946. The van der Waals surface area contributed by atoms with Crippen LogP contribution in [0.3, 0.4) is 0 Å². The van der Waals surface area contributed by atoms with Gasteiger partial charge in [-0.2, -0.15) is 5.10 Å². The third kappa shape index (κ3) is 2.91. The molecular formula is C18H19ClN4O2. The smallest absolute Gasteiger partial charge is 0.227 e. The highest BCUT2D eigenvalue weighted by molar-refractivity contribution is 6.32. The number of hydrogen-bond acceptors (Lipinski definition) is 4. The van der Waals surface area contributed by atoms with Crippen LogP contribution in [-0.2, 0) is 11.2 Å². The molecule has 6 nitrogen and oxygen atoms in total. The summed E-state index contributed by atoms with van der Waals surface area (Å²) in [6.45, 7) is 4.52. The first-order valence-corrected chi connectivity index (χ1v) is 8.75. The highest BCUT2D eigenvalue weighted by atomic mass is 35.5. The van der Waals surface area contributed by atoms with E-state index < -0.39 is 0 Å². The number of aromatic nitrogens is 3. The van der Waals surface area contributed by atoms with Crippen molar-refractivity contribution in [3.8, 4) is 0 Å². The monoisotopic (exact) mass is 358 g/mol. The van der Waals surface area contributed by atoms with Crippen molar-refractivity contribution in [3.05, 3.63) is 46.2 Å². The number of H-pyrrole nitrogens is 1. The third-order valence-corrected chi connectivity index (χ3v) is 5.17. The molecule has 0 bridgehead atoms. The van der Waals surface area contributed by atoms with Crippen molar-refractivity contribution in [2.45, 2.75) is 39.2 Å². The van der Waals surface area contributed by atoms with E-state index in [4.69, 9.17) is 16.0 Å². The summed E-state index contributed by atoms with van der Waals surface area (Å²) in [5.74, 6) is 1.52. The molecule has 2 aromatic heterocycles. The van der Waals surface area contributed by atoms with Gasteiger partial charge in [-0.1, -0.05) is 11.6 Å². The summed E-state index contributed by atoms with van der Waals surface area (Å²) in [6.07, 6.45) is 3.79. The molecule has 1 fully saturated rings. The van der Waals surface area contributed by atoms with Gasteiger partial charge >= 0.3 is 0 Å². The zero-order chi connectivity index (χ0) is 17.6. The Morgan fingerprint density at radius 1 is 1.44 bits per heavy atom. The molecule has 1 aliphatic rings. The van der Waals surface area contributed by atoms with Crippen molar-refractivity contribution in [1.82, 2.24) is 20.1 Å². The first-order valence-electron chi connectivity index (χ1n) is 8.37. The number of halogens is 1. The van der Waals surface area contributed by atoms with Crippen LogP contribution in [-0.4, -0.2) is 32.5 Å². The number of nitrogens with one attached hydrogen (secondary N) is 1. The van der Waals surface area contributed by atoms with Gasteiger partial charge in [0.1, 0.15) is 11.4 Å². The summed E-state index contributed by atoms with van der Waals surface area (Å²) in [7, 11) is 0. The minimum Gasteiger partial charge on any atom is -0.464 e. The molecule has 0 radical (unpaired) electrons. The van der Waals surface area contributed by atoms with E-state index in [-0.39, 0.29) is 18.4 Å². The summed E-state index contributed by atoms with van der Waals surface area (Å²) >= 11 is 6.23. The van der Waals surface area contributed by atoms with Gasteiger partial charge in [0.05, 0.1) is 18.7 Å². The molecule has 3 heterocycles. The van der Waals surface area contributed by atoms with Gasteiger partial charge < -0.3 is 9.32 Å². The van der Waals surface area contributed by atoms with Crippen LogP contribution < -0.4 is 0 Å². The fourth-order valence-electron chi connectivity index (χ4n) is 3.45. The summed E-state index contributed by atoms with van der Waals surface area (Å²) in [5, 5.41) is 8.67. The third-order valence-electron chi connectivity index (χ3n) is 4.76. The molecule has 25 heavy (non-hydrogen) atoms. The van der Waals surface area contributed by atoms with Crippen LogP contribution in [0.25, 0.3) is 11.0 Å². The average molecular weight is 359 g/mol. The Labute approximate surface area is 150 Å². The van der Waals surface area contributed by atoms with Gasteiger partial charge in [0, 0.05) is 22.5 Å². The van der Waals surface area contributed by atoms with Crippen LogP contribution in [0.4, 0.5) is 0 Å². The number of hydrogen-bond donors (Lipinski definition) is 1. The molecule has 130 valence electrons. The van der Waals surface area contributed by atoms with Gasteiger partial charge in [-0.25, -0.2) is 4.98 Å².